The van der Waals surface area contributed by atoms with Crippen LogP contribution in [-0.2, 0) is 16.6 Å². The van der Waals surface area contributed by atoms with Crippen molar-refractivity contribution in [3.63, 3.8) is 0 Å². The summed E-state index contributed by atoms with van der Waals surface area (Å²) in [6, 6.07) is 1.77. The SMILES string of the molecule is CCCNCc1cc(S(=O)(=O)NC(CC)CCC)c(Br)s1. The highest BCUT2D eigenvalue weighted by atomic mass is 79.9. The zero-order valence-electron chi connectivity index (χ0n) is 12.9. The van der Waals surface area contributed by atoms with Crippen LogP contribution in [0, 0.1) is 0 Å². The normalized spacial score (nSPS) is 13.5. The van der Waals surface area contributed by atoms with Crippen molar-refractivity contribution < 1.29 is 8.42 Å². The van der Waals surface area contributed by atoms with Crippen molar-refractivity contribution in [2.45, 2.75) is 63.9 Å². The van der Waals surface area contributed by atoms with E-state index >= 15 is 0 Å². The molecule has 0 bridgehead atoms. The van der Waals surface area contributed by atoms with Gasteiger partial charge in [-0.1, -0.05) is 27.2 Å². The largest absolute Gasteiger partial charge is 0.312 e. The van der Waals surface area contributed by atoms with E-state index in [1.54, 1.807) is 6.07 Å². The first kappa shape index (κ1) is 19.1. The molecule has 0 radical (unpaired) electrons. The average molecular weight is 397 g/mol. The molecule has 122 valence electrons. The standard InChI is InChI=1S/C14H25BrN2O2S2/c1-4-7-11(6-3)17-21(18,19)13-9-12(20-14(13)15)10-16-8-5-2/h9,11,16-17H,4-8,10H2,1-3H3. The molecule has 0 saturated heterocycles. The molecule has 2 N–H and O–H groups in total. The second kappa shape index (κ2) is 9.25. The summed E-state index contributed by atoms with van der Waals surface area (Å²) in [5.41, 5.74) is 0. The maximum absolute atomic E-state index is 12.5. The highest BCUT2D eigenvalue weighted by Crippen LogP contribution is 2.32. The van der Waals surface area contributed by atoms with Gasteiger partial charge in [0, 0.05) is 17.5 Å². The summed E-state index contributed by atoms with van der Waals surface area (Å²) in [4.78, 5) is 1.38. The molecular formula is C14H25BrN2O2S2. The highest BCUT2D eigenvalue weighted by Gasteiger charge is 2.23. The minimum Gasteiger partial charge on any atom is -0.312 e. The maximum atomic E-state index is 12.5. The predicted molar refractivity (Wildman–Crippen MR) is 93.3 cm³/mol. The quantitative estimate of drug-likeness (QED) is 0.590. The Morgan fingerprint density at radius 1 is 1.29 bits per heavy atom. The second-order valence-electron chi connectivity index (χ2n) is 5.04. The van der Waals surface area contributed by atoms with Gasteiger partial charge in [-0.3, -0.25) is 0 Å². The van der Waals surface area contributed by atoms with Crippen molar-refractivity contribution in [1.82, 2.24) is 10.0 Å². The Labute approximate surface area is 140 Å². The van der Waals surface area contributed by atoms with Crippen molar-refractivity contribution in [3.05, 3.63) is 14.7 Å². The molecule has 0 saturated carbocycles. The van der Waals surface area contributed by atoms with Gasteiger partial charge < -0.3 is 5.32 Å². The van der Waals surface area contributed by atoms with Crippen LogP contribution in [0.4, 0.5) is 0 Å². The van der Waals surface area contributed by atoms with Crippen LogP contribution in [0.2, 0.25) is 0 Å². The van der Waals surface area contributed by atoms with Crippen LogP contribution in [0.3, 0.4) is 0 Å². The summed E-state index contributed by atoms with van der Waals surface area (Å²) in [6.45, 7) is 7.82. The fourth-order valence-electron chi connectivity index (χ4n) is 2.03. The molecule has 1 heterocycles. The Kier molecular flexibility index (Phi) is 8.41. The van der Waals surface area contributed by atoms with Gasteiger partial charge in [-0.05, 0) is 47.8 Å². The van der Waals surface area contributed by atoms with E-state index < -0.39 is 10.0 Å². The molecule has 1 aromatic heterocycles. The number of hydrogen-bond donors (Lipinski definition) is 2. The third-order valence-corrected chi connectivity index (χ3v) is 6.95. The number of sulfonamides is 1. The molecule has 1 unspecified atom stereocenters. The van der Waals surface area contributed by atoms with Gasteiger partial charge in [-0.2, -0.15) is 0 Å². The molecule has 7 heteroatoms. The molecule has 0 aliphatic heterocycles. The fraction of sp³-hybridized carbons (Fsp3) is 0.714. The molecule has 0 fully saturated rings. The summed E-state index contributed by atoms with van der Waals surface area (Å²) in [7, 11) is -3.45. The maximum Gasteiger partial charge on any atom is 0.242 e. The summed E-state index contributed by atoms with van der Waals surface area (Å²) in [6.07, 6.45) is 3.70. The minimum atomic E-state index is -3.45. The van der Waals surface area contributed by atoms with Crippen molar-refractivity contribution in [3.8, 4) is 0 Å². The lowest BCUT2D eigenvalue weighted by atomic mass is 10.1. The van der Waals surface area contributed by atoms with Gasteiger partial charge in [-0.15, -0.1) is 11.3 Å². The molecule has 0 aromatic carbocycles. The molecular weight excluding hydrogens is 372 g/mol. The third kappa shape index (κ3) is 5.98. The Bertz CT molecular complexity index is 529. The van der Waals surface area contributed by atoms with Gasteiger partial charge in [-0.25, -0.2) is 13.1 Å². The number of rotatable bonds is 10. The summed E-state index contributed by atoms with van der Waals surface area (Å²) in [5, 5.41) is 3.29. The topological polar surface area (TPSA) is 58.2 Å². The van der Waals surface area contributed by atoms with Crippen LogP contribution in [0.15, 0.2) is 14.7 Å². The van der Waals surface area contributed by atoms with Crippen molar-refractivity contribution >= 4 is 37.3 Å². The lowest BCUT2D eigenvalue weighted by Gasteiger charge is -2.15. The van der Waals surface area contributed by atoms with Crippen molar-refractivity contribution in [1.29, 1.82) is 0 Å². The predicted octanol–water partition coefficient (Wildman–Crippen LogP) is 3.87. The summed E-state index contributed by atoms with van der Waals surface area (Å²) >= 11 is 4.86. The summed E-state index contributed by atoms with van der Waals surface area (Å²) in [5.74, 6) is 0. The van der Waals surface area contributed by atoms with E-state index in [1.807, 2.05) is 6.92 Å². The van der Waals surface area contributed by atoms with E-state index in [4.69, 9.17) is 0 Å². The molecule has 4 nitrogen and oxygen atoms in total. The lowest BCUT2D eigenvalue weighted by Crippen LogP contribution is -2.34. The van der Waals surface area contributed by atoms with E-state index in [2.05, 4.69) is 39.8 Å². The molecule has 0 aliphatic rings. The van der Waals surface area contributed by atoms with Crippen LogP contribution >= 0.6 is 27.3 Å². The number of halogens is 1. The fourth-order valence-corrected chi connectivity index (χ4v) is 6.04. The van der Waals surface area contributed by atoms with Gasteiger partial charge in [0.25, 0.3) is 0 Å². The van der Waals surface area contributed by atoms with Gasteiger partial charge in [0.2, 0.25) is 10.0 Å². The zero-order valence-corrected chi connectivity index (χ0v) is 16.1. The van der Waals surface area contributed by atoms with Gasteiger partial charge in [0.05, 0.1) is 3.79 Å². The van der Waals surface area contributed by atoms with Crippen LogP contribution in [0.25, 0.3) is 0 Å². The van der Waals surface area contributed by atoms with Crippen LogP contribution in [0.5, 0.6) is 0 Å². The smallest absolute Gasteiger partial charge is 0.242 e. The van der Waals surface area contributed by atoms with Gasteiger partial charge >= 0.3 is 0 Å². The lowest BCUT2D eigenvalue weighted by molar-refractivity contribution is 0.512. The van der Waals surface area contributed by atoms with Crippen molar-refractivity contribution in [2.24, 2.45) is 0 Å². The average Bonchev–Trinajstić information content (AvgIpc) is 2.80. The van der Waals surface area contributed by atoms with Crippen molar-refractivity contribution in [2.75, 3.05) is 6.54 Å². The Balaban J connectivity index is 2.82. The van der Waals surface area contributed by atoms with Crippen LogP contribution in [0.1, 0.15) is 51.3 Å². The van der Waals surface area contributed by atoms with Crippen LogP contribution < -0.4 is 10.0 Å². The van der Waals surface area contributed by atoms with Gasteiger partial charge in [0.1, 0.15) is 4.90 Å². The Hall–Kier alpha value is 0.0500. The molecule has 21 heavy (non-hydrogen) atoms. The first-order valence-corrected chi connectivity index (χ1v) is 10.5. The van der Waals surface area contributed by atoms with E-state index in [1.165, 1.54) is 11.3 Å². The van der Waals surface area contributed by atoms with E-state index in [0.29, 0.717) is 15.2 Å². The highest BCUT2D eigenvalue weighted by molar-refractivity contribution is 9.11. The molecule has 0 spiro atoms. The molecule has 1 atom stereocenters. The van der Waals surface area contributed by atoms with Gasteiger partial charge in [0.15, 0.2) is 0 Å². The Morgan fingerprint density at radius 3 is 2.57 bits per heavy atom. The number of thiophene rings is 1. The monoisotopic (exact) mass is 396 g/mol. The number of hydrogen-bond acceptors (Lipinski definition) is 4. The van der Waals surface area contributed by atoms with E-state index in [0.717, 1.165) is 37.1 Å². The van der Waals surface area contributed by atoms with E-state index in [9.17, 15) is 8.42 Å². The molecule has 1 rings (SSSR count). The Morgan fingerprint density at radius 2 is 2.00 bits per heavy atom. The number of nitrogens with one attached hydrogen (secondary N) is 2. The third-order valence-electron chi connectivity index (χ3n) is 3.17. The first-order valence-electron chi connectivity index (χ1n) is 7.45. The minimum absolute atomic E-state index is 0.00784. The first-order chi connectivity index (χ1) is 9.94. The molecule has 0 amide bonds. The summed E-state index contributed by atoms with van der Waals surface area (Å²) < 4.78 is 28.5. The molecule has 1 aromatic rings. The van der Waals surface area contributed by atoms with Crippen LogP contribution in [-0.4, -0.2) is 21.0 Å². The second-order valence-corrected chi connectivity index (χ2v) is 9.18. The molecule has 0 aliphatic carbocycles. The zero-order chi connectivity index (χ0) is 15.9. The van der Waals surface area contributed by atoms with E-state index in [-0.39, 0.29) is 6.04 Å².